The van der Waals surface area contributed by atoms with E-state index in [9.17, 15) is 9.59 Å². The van der Waals surface area contributed by atoms with Gasteiger partial charge in [0.25, 0.3) is 0 Å². The van der Waals surface area contributed by atoms with Gasteiger partial charge in [-0.2, -0.15) is 5.10 Å². The number of rotatable bonds is 6. The number of carbonyl (C=O) groups is 2. The van der Waals surface area contributed by atoms with Gasteiger partial charge in [0.1, 0.15) is 12.7 Å². The lowest BCUT2D eigenvalue weighted by atomic mass is 10.1. The molecule has 1 aromatic heterocycles. The average molecular weight is 454 g/mol. The number of hydrogen-bond donors (Lipinski definition) is 1. The molecule has 0 spiro atoms. The molecule has 1 aliphatic rings. The molecule has 1 atom stereocenters. The van der Waals surface area contributed by atoms with Crippen LogP contribution in [0, 0.1) is 5.92 Å². The lowest BCUT2D eigenvalue weighted by molar-refractivity contribution is -0.126. The summed E-state index contributed by atoms with van der Waals surface area (Å²) in [5.74, 6) is -0.462. The molecule has 148 valence electrons. The standard InChI is InChI=1S/C21H20BrN5O2/c22-18-2-1-3-19(9-18)27-12-17(8-20(27)28)21(29)24-10-15-4-6-16(7-5-15)11-26-14-23-13-25-26/h1-7,9,13-14,17H,8,10-12H2,(H,24,29)/t17-/m0/s1. The molecule has 2 heterocycles. The quantitative estimate of drug-likeness (QED) is 0.622. The van der Waals surface area contributed by atoms with Crippen molar-refractivity contribution in [3.8, 4) is 0 Å². The van der Waals surface area contributed by atoms with Gasteiger partial charge >= 0.3 is 0 Å². The zero-order chi connectivity index (χ0) is 20.2. The van der Waals surface area contributed by atoms with Crippen LogP contribution in [0.25, 0.3) is 0 Å². The Morgan fingerprint density at radius 3 is 2.69 bits per heavy atom. The summed E-state index contributed by atoms with van der Waals surface area (Å²) in [6.07, 6.45) is 3.42. The number of benzene rings is 2. The highest BCUT2D eigenvalue weighted by Gasteiger charge is 2.35. The van der Waals surface area contributed by atoms with Crippen LogP contribution in [0.15, 0.2) is 65.7 Å². The molecule has 1 saturated heterocycles. The van der Waals surface area contributed by atoms with Gasteiger partial charge in [0.05, 0.1) is 12.5 Å². The number of halogens is 1. The summed E-state index contributed by atoms with van der Waals surface area (Å²) in [5, 5.41) is 7.05. The molecule has 3 aromatic rings. The second kappa shape index (κ2) is 8.57. The van der Waals surface area contributed by atoms with E-state index < -0.39 is 0 Å². The van der Waals surface area contributed by atoms with E-state index >= 15 is 0 Å². The summed E-state index contributed by atoms with van der Waals surface area (Å²) in [6, 6.07) is 15.6. The summed E-state index contributed by atoms with van der Waals surface area (Å²) in [5.41, 5.74) is 2.92. The highest BCUT2D eigenvalue weighted by Crippen LogP contribution is 2.27. The molecule has 2 aromatic carbocycles. The molecule has 2 amide bonds. The number of carbonyl (C=O) groups excluding carboxylic acids is 2. The highest BCUT2D eigenvalue weighted by molar-refractivity contribution is 9.10. The molecule has 8 heteroatoms. The van der Waals surface area contributed by atoms with E-state index in [1.165, 1.54) is 6.33 Å². The number of anilines is 1. The minimum Gasteiger partial charge on any atom is -0.352 e. The maximum atomic E-state index is 12.6. The van der Waals surface area contributed by atoms with Crippen LogP contribution in [-0.2, 0) is 22.7 Å². The maximum Gasteiger partial charge on any atom is 0.227 e. The van der Waals surface area contributed by atoms with E-state index in [0.717, 1.165) is 21.3 Å². The molecule has 1 N–H and O–H groups in total. The summed E-state index contributed by atoms with van der Waals surface area (Å²) in [4.78, 5) is 30.5. The molecule has 1 aliphatic heterocycles. The third-order valence-corrected chi connectivity index (χ3v) is 5.41. The zero-order valence-electron chi connectivity index (χ0n) is 15.7. The van der Waals surface area contributed by atoms with Crippen LogP contribution in [-0.4, -0.2) is 33.1 Å². The van der Waals surface area contributed by atoms with Crippen molar-refractivity contribution in [2.45, 2.75) is 19.5 Å². The van der Waals surface area contributed by atoms with Gasteiger partial charge in [0.2, 0.25) is 11.8 Å². The van der Waals surface area contributed by atoms with E-state index in [1.807, 2.05) is 48.5 Å². The van der Waals surface area contributed by atoms with Crippen molar-refractivity contribution in [3.63, 3.8) is 0 Å². The maximum absolute atomic E-state index is 12.6. The van der Waals surface area contributed by atoms with E-state index in [2.05, 4.69) is 31.3 Å². The third kappa shape index (κ3) is 4.71. The molecule has 4 rings (SSSR count). The lowest BCUT2D eigenvalue weighted by Gasteiger charge is -2.17. The van der Waals surface area contributed by atoms with Gasteiger partial charge in [-0.25, -0.2) is 9.67 Å². The van der Waals surface area contributed by atoms with Gasteiger partial charge < -0.3 is 10.2 Å². The number of nitrogens with one attached hydrogen (secondary N) is 1. The fourth-order valence-electron chi connectivity index (χ4n) is 3.37. The second-order valence-corrected chi connectivity index (χ2v) is 7.93. The SMILES string of the molecule is O=C(NCc1ccc(Cn2cncn2)cc1)[C@H]1CC(=O)N(c2cccc(Br)c2)C1. The number of aromatic nitrogens is 3. The van der Waals surface area contributed by atoms with Crippen LogP contribution in [0.3, 0.4) is 0 Å². The average Bonchev–Trinajstić information content (AvgIpc) is 3.37. The van der Waals surface area contributed by atoms with Gasteiger partial charge in [-0.15, -0.1) is 0 Å². The van der Waals surface area contributed by atoms with Gasteiger partial charge in [-0.05, 0) is 29.3 Å². The van der Waals surface area contributed by atoms with Gasteiger partial charge in [-0.3, -0.25) is 9.59 Å². The van der Waals surface area contributed by atoms with Crippen LogP contribution in [0.2, 0.25) is 0 Å². The first-order valence-electron chi connectivity index (χ1n) is 9.32. The van der Waals surface area contributed by atoms with Crippen molar-refractivity contribution in [3.05, 3.63) is 76.8 Å². The van der Waals surface area contributed by atoms with Gasteiger partial charge in [-0.1, -0.05) is 46.3 Å². The topological polar surface area (TPSA) is 80.1 Å². The Bertz CT molecular complexity index is 1000. The first kappa shape index (κ1) is 19.3. The lowest BCUT2D eigenvalue weighted by Crippen LogP contribution is -2.32. The summed E-state index contributed by atoms with van der Waals surface area (Å²) < 4.78 is 2.66. The van der Waals surface area contributed by atoms with Gasteiger partial charge in [0, 0.05) is 29.7 Å². The monoisotopic (exact) mass is 453 g/mol. The summed E-state index contributed by atoms with van der Waals surface area (Å²) in [7, 11) is 0. The predicted octanol–water partition coefficient (Wildman–Crippen LogP) is 2.76. The summed E-state index contributed by atoms with van der Waals surface area (Å²) in [6.45, 7) is 1.49. The Morgan fingerprint density at radius 1 is 1.17 bits per heavy atom. The smallest absolute Gasteiger partial charge is 0.227 e. The van der Waals surface area contributed by atoms with E-state index in [0.29, 0.717) is 19.6 Å². The Hall–Kier alpha value is -3.00. The van der Waals surface area contributed by atoms with E-state index in [1.54, 1.807) is 15.9 Å². The van der Waals surface area contributed by atoms with Crippen LogP contribution in [0.1, 0.15) is 17.5 Å². The van der Waals surface area contributed by atoms with Crippen molar-refractivity contribution in [2.24, 2.45) is 5.92 Å². The van der Waals surface area contributed by atoms with Crippen molar-refractivity contribution < 1.29 is 9.59 Å². The van der Waals surface area contributed by atoms with E-state index in [-0.39, 0.29) is 24.2 Å². The Morgan fingerprint density at radius 2 is 1.97 bits per heavy atom. The molecule has 0 bridgehead atoms. The van der Waals surface area contributed by atoms with Crippen molar-refractivity contribution in [2.75, 3.05) is 11.4 Å². The van der Waals surface area contributed by atoms with Crippen LogP contribution < -0.4 is 10.2 Å². The number of hydrogen-bond acceptors (Lipinski definition) is 4. The Kier molecular flexibility index (Phi) is 5.71. The molecule has 0 saturated carbocycles. The minimum absolute atomic E-state index is 0.0271. The molecular weight excluding hydrogens is 434 g/mol. The fraction of sp³-hybridized carbons (Fsp3) is 0.238. The molecule has 0 radical (unpaired) electrons. The van der Waals surface area contributed by atoms with Crippen molar-refractivity contribution >= 4 is 33.4 Å². The Balaban J connectivity index is 1.31. The first-order chi connectivity index (χ1) is 14.1. The highest BCUT2D eigenvalue weighted by atomic mass is 79.9. The Labute approximate surface area is 176 Å². The van der Waals surface area contributed by atoms with Gasteiger partial charge in [0.15, 0.2) is 0 Å². The van der Waals surface area contributed by atoms with Crippen molar-refractivity contribution in [1.29, 1.82) is 0 Å². The van der Waals surface area contributed by atoms with Crippen LogP contribution in [0.4, 0.5) is 5.69 Å². The number of amides is 2. The fourth-order valence-corrected chi connectivity index (χ4v) is 3.76. The van der Waals surface area contributed by atoms with Crippen LogP contribution >= 0.6 is 15.9 Å². The molecule has 29 heavy (non-hydrogen) atoms. The molecule has 0 unspecified atom stereocenters. The van der Waals surface area contributed by atoms with E-state index in [4.69, 9.17) is 0 Å². The molecular formula is C21H20BrN5O2. The van der Waals surface area contributed by atoms with Crippen molar-refractivity contribution in [1.82, 2.24) is 20.1 Å². The molecule has 0 aliphatic carbocycles. The predicted molar refractivity (Wildman–Crippen MR) is 112 cm³/mol. The largest absolute Gasteiger partial charge is 0.352 e. The molecule has 1 fully saturated rings. The second-order valence-electron chi connectivity index (χ2n) is 7.01. The van der Waals surface area contributed by atoms with Crippen LogP contribution in [0.5, 0.6) is 0 Å². The first-order valence-corrected chi connectivity index (χ1v) is 10.1. The normalized spacial score (nSPS) is 16.2. The number of nitrogens with zero attached hydrogens (tertiary/aromatic N) is 4. The minimum atomic E-state index is -0.340. The third-order valence-electron chi connectivity index (χ3n) is 4.92. The molecule has 7 nitrogen and oxygen atoms in total. The summed E-state index contributed by atoms with van der Waals surface area (Å²) >= 11 is 3.42. The zero-order valence-corrected chi connectivity index (χ0v) is 17.2.